The van der Waals surface area contributed by atoms with Crippen LogP contribution in [-0.4, -0.2) is 29.1 Å². The fraction of sp³-hybridized carbons (Fsp3) is 0.500. The Morgan fingerprint density at radius 1 is 1.55 bits per heavy atom. The van der Waals surface area contributed by atoms with Gasteiger partial charge in [-0.1, -0.05) is 12.1 Å². The number of hydrogen-bond donors (Lipinski definition) is 1. The third-order valence-corrected chi connectivity index (χ3v) is 4.09. The first-order valence-electron chi connectivity index (χ1n) is 7.62. The van der Waals surface area contributed by atoms with E-state index in [1.54, 1.807) is 19.3 Å². The standard InChI is InChI=1S/C16H21N3O3/c1-11-5-6-19(13(8-11)14-4-3-7-21-14)10-16(20)17-15-9-12(2)22-18-15/h3-4,7,9,11,13H,5-6,8,10H2,1-2H3,(H,17,18,20)/t11-,13-/m1/s1. The van der Waals surface area contributed by atoms with Crippen LogP contribution in [0.3, 0.4) is 0 Å². The van der Waals surface area contributed by atoms with Crippen molar-refractivity contribution in [3.8, 4) is 0 Å². The molecule has 0 saturated carbocycles. The Kier molecular flexibility index (Phi) is 4.29. The molecule has 6 heteroatoms. The topological polar surface area (TPSA) is 71.5 Å². The van der Waals surface area contributed by atoms with E-state index in [9.17, 15) is 4.79 Å². The number of carbonyl (C=O) groups excluding carboxylic acids is 1. The number of anilines is 1. The molecule has 0 unspecified atom stereocenters. The number of likely N-dealkylation sites (tertiary alicyclic amines) is 1. The molecule has 1 amide bonds. The molecule has 0 aliphatic carbocycles. The van der Waals surface area contributed by atoms with Crippen LogP contribution in [-0.2, 0) is 4.79 Å². The summed E-state index contributed by atoms with van der Waals surface area (Å²) in [4.78, 5) is 14.4. The average molecular weight is 303 g/mol. The molecule has 1 aliphatic heterocycles. The van der Waals surface area contributed by atoms with Gasteiger partial charge < -0.3 is 14.3 Å². The van der Waals surface area contributed by atoms with Gasteiger partial charge >= 0.3 is 0 Å². The highest BCUT2D eigenvalue weighted by molar-refractivity contribution is 5.91. The van der Waals surface area contributed by atoms with Gasteiger partial charge in [-0.2, -0.15) is 0 Å². The Bertz CT molecular complexity index is 620. The number of hydrogen-bond acceptors (Lipinski definition) is 5. The van der Waals surface area contributed by atoms with Crippen LogP contribution in [0.15, 0.2) is 33.4 Å². The van der Waals surface area contributed by atoms with Crippen molar-refractivity contribution in [1.29, 1.82) is 0 Å². The van der Waals surface area contributed by atoms with Gasteiger partial charge in [0.15, 0.2) is 5.82 Å². The van der Waals surface area contributed by atoms with Gasteiger partial charge in [-0.3, -0.25) is 9.69 Å². The average Bonchev–Trinajstić information content (AvgIpc) is 3.12. The first-order chi connectivity index (χ1) is 10.6. The van der Waals surface area contributed by atoms with E-state index in [0.717, 1.165) is 25.1 Å². The molecular weight excluding hydrogens is 282 g/mol. The quantitative estimate of drug-likeness (QED) is 0.940. The van der Waals surface area contributed by atoms with Crippen molar-refractivity contribution in [3.63, 3.8) is 0 Å². The van der Waals surface area contributed by atoms with Gasteiger partial charge in [0.25, 0.3) is 0 Å². The first kappa shape index (κ1) is 14.8. The van der Waals surface area contributed by atoms with Gasteiger partial charge in [-0.25, -0.2) is 0 Å². The highest BCUT2D eigenvalue weighted by Crippen LogP contribution is 2.33. The Morgan fingerprint density at radius 2 is 2.41 bits per heavy atom. The molecule has 22 heavy (non-hydrogen) atoms. The number of rotatable bonds is 4. The van der Waals surface area contributed by atoms with Crippen molar-refractivity contribution < 1.29 is 13.7 Å². The minimum absolute atomic E-state index is 0.0839. The Morgan fingerprint density at radius 3 is 3.09 bits per heavy atom. The molecule has 3 heterocycles. The van der Waals surface area contributed by atoms with Crippen LogP contribution in [0.1, 0.15) is 37.3 Å². The largest absolute Gasteiger partial charge is 0.468 e. The molecule has 0 spiro atoms. The second-order valence-corrected chi connectivity index (χ2v) is 6.00. The van der Waals surface area contributed by atoms with Crippen LogP contribution < -0.4 is 5.32 Å². The third-order valence-electron chi connectivity index (χ3n) is 4.09. The molecule has 0 aromatic carbocycles. The minimum atomic E-state index is -0.0839. The summed E-state index contributed by atoms with van der Waals surface area (Å²) in [5.41, 5.74) is 0. The van der Waals surface area contributed by atoms with Crippen LogP contribution in [0.5, 0.6) is 0 Å². The van der Waals surface area contributed by atoms with Crippen molar-refractivity contribution >= 4 is 11.7 Å². The van der Waals surface area contributed by atoms with Crippen molar-refractivity contribution in [2.24, 2.45) is 5.92 Å². The number of aryl methyl sites for hydroxylation is 1. The zero-order chi connectivity index (χ0) is 15.5. The van der Waals surface area contributed by atoms with E-state index in [4.69, 9.17) is 8.94 Å². The van der Waals surface area contributed by atoms with Gasteiger partial charge in [0.1, 0.15) is 11.5 Å². The van der Waals surface area contributed by atoms with Crippen LogP contribution in [0.4, 0.5) is 5.82 Å². The molecule has 2 atom stereocenters. The number of furan rings is 1. The Labute approximate surface area is 129 Å². The second-order valence-electron chi connectivity index (χ2n) is 6.00. The van der Waals surface area contributed by atoms with E-state index in [-0.39, 0.29) is 11.9 Å². The molecule has 0 radical (unpaired) electrons. The summed E-state index contributed by atoms with van der Waals surface area (Å²) >= 11 is 0. The molecule has 2 aromatic rings. The van der Waals surface area contributed by atoms with Gasteiger partial charge in [0, 0.05) is 6.07 Å². The van der Waals surface area contributed by atoms with E-state index in [2.05, 4.69) is 22.3 Å². The SMILES string of the molecule is Cc1cc(NC(=O)CN2CC[C@@H](C)C[C@@H]2c2ccco2)no1. The number of carbonyl (C=O) groups is 1. The maximum atomic E-state index is 12.2. The number of aromatic nitrogens is 1. The fourth-order valence-corrected chi connectivity index (χ4v) is 2.95. The van der Waals surface area contributed by atoms with E-state index in [0.29, 0.717) is 24.0 Å². The van der Waals surface area contributed by atoms with Gasteiger partial charge in [-0.05, 0) is 44.4 Å². The highest BCUT2D eigenvalue weighted by atomic mass is 16.5. The first-order valence-corrected chi connectivity index (χ1v) is 7.62. The van der Waals surface area contributed by atoms with E-state index < -0.39 is 0 Å². The summed E-state index contributed by atoms with van der Waals surface area (Å²) in [6.07, 6.45) is 3.78. The third kappa shape index (κ3) is 3.39. The maximum absolute atomic E-state index is 12.2. The summed E-state index contributed by atoms with van der Waals surface area (Å²) in [6.45, 7) is 5.24. The fourth-order valence-electron chi connectivity index (χ4n) is 2.95. The lowest BCUT2D eigenvalue weighted by Crippen LogP contribution is -2.41. The molecular formula is C16H21N3O3. The smallest absolute Gasteiger partial charge is 0.239 e. The van der Waals surface area contributed by atoms with Gasteiger partial charge in [0.05, 0.1) is 18.8 Å². The number of amides is 1. The molecule has 1 aliphatic rings. The molecule has 118 valence electrons. The van der Waals surface area contributed by atoms with Crippen LogP contribution in [0.2, 0.25) is 0 Å². The summed E-state index contributed by atoms with van der Waals surface area (Å²) in [5.74, 6) is 2.61. The van der Waals surface area contributed by atoms with Gasteiger partial charge in [-0.15, -0.1) is 0 Å². The zero-order valence-corrected chi connectivity index (χ0v) is 12.9. The molecule has 1 fully saturated rings. The monoisotopic (exact) mass is 303 g/mol. The normalized spacial score (nSPS) is 22.6. The molecule has 6 nitrogen and oxygen atoms in total. The lowest BCUT2D eigenvalue weighted by atomic mass is 9.91. The Balaban J connectivity index is 1.65. The van der Waals surface area contributed by atoms with Crippen molar-refractivity contribution in [2.75, 3.05) is 18.4 Å². The predicted molar refractivity (Wildman–Crippen MR) is 81.3 cm³/mol. The maximum Gasteiger partial charge on any atom is 0.239 e. The molecule has 3 rings (SSSR count). The van der Waals surface area contributed by atoms with Crippen LogP contribution >= 0.6 is 0 Å². The number of nitrogens with one attached hydrogen (secondary N) is 1. The minimum Gasteiger partial charge on any atom is -0.468 e. The van der Waals surface area contributed by atoms with Crippen molar-refractivity contribution in [2.45, 2.75) is 32.7 Å². The van der Waals surface area contributed by atoms with Crippen molar-refractivity contribution in [3.05, 3.63) is 36.0 Å². The Hall–Kier alpha value is -2.08. The van der Waals surface area contributed by atoms with E-state index >= 15 is 0 Å². The molecule has 1 N–H and O–H groups in total. The number of nitrogens with zero attached hydrogens (tertiary/aromatic N) is 2. The predicted octanol–water partition coefficient (Wildman–Crippen LogP) is 2.99. The lowest BCUT2D eigenvalue weighted by molar-refractivity contribution is -0.118. The lowest BCUT2D eigenvalue weighted by Gasteiger charge is -2.36. The van der Waals surface area contributed by atoms with Crippen molar-refractivity contribution in [1.82, 2.24) is 10.1 Å². The molecule has 2 aromatic heterocycles. The zero-order valence-electron chi connectivity index (χ0n) is 12.9. The molecule has 1 saturated heterocycles. The second kappa shape index (κ2) is 6.36. The summed E-state index contributed by atoms with van der Waals surface area (Å²) in [7, 11) is 0. The summed E-state index contributed by atoms with van der Waals surface area (Å²) < 4.78 is 10.5. The van der Waals surface area contributed by atoms with Crippen LogP contribution in [0.25, 0.3) is 0 Å². The highest BCUT2D eigenvalue weighted by Gasteiger charge is 2.30. The van der Waals surface area contributed by atoms with E-state index in [1.807, 2.05) is 12.1 Å². The number of piperidine rings is 1. The molecule has 0 bridgehead atoms. The van der Waals surface area contributed by atoms with Gasteiger partial charge in [0.2, 0.25) is 5.91 Å². The summed E-state index contributed by atoms with van der Waals surface area (Å²) in [6, 6.07) is 5.74. The van der Waals surface area contributed by atoms with E-state index in [1.165, 1.54) is 0 Å². The summed E-state index contributed by atoms with van der Waals surface area (Å²) in [5, 5.41) is 6.56. The van der Waals surface area contributed by atoms with Crippen LogP contribution in [0, 0.1) is 12.8 Å².